The standard InChI is InChI=1S/C19H13Cl2FN4O2/c20-11-3-1-10(2-4-11)13-9-23-26-16(19(28)25-18(13)26)8-17(27)24-12-5-6-15(22)14(21)7-12/h1-7,9,16H,8H2,(H,24,27)(H,25,28). The van der Waals surface area contributed by atoms with E-state index >= 15 is 0 Å². The van der Waals surface area contributed by atoms with Gasteiger partial charge in [-0.05, 0) is 35.9 Å². The second-order valence-corrected chi connectivity index (χ2v) is 7.09. The van der Waals surface area contributed by atoms with Crippen LogP contribution in [0.1, 0.15) is 12.5 Å². The number of hydrogen-bond acceptors (Lipinski definition) is 3. The third kappa shape index (κ3) is 3.46. The first kappa shape index (κ1) is 18.5. The third-order valence-electron chi connectivity index (χ3n) is 4.37. The van der Waals surface area contributed by atoms with Crippen LogP contribution in [0.5, 0.6) is 0 Å². The van der Waals surface area contributed by atoms with E-state index in [1.54, 1.807) is 18.3 Å². The molecule has 1 atom stereocenters. The van der Waals surface area contributed by atoms with Crippen LogP contribution in [-0.2, 0) is 9.59 Å². The Labute approximate surface area is 169 Å². The summed E-state index contributed by atoms with van der Waals surface area (Å²) in [4.78, 5) is 24.7. The summed E-state index contributed by atoms with van der Waals surface area (Å²) in [5.74, 6) is -0.800. The fourth-order valence-electron chi connectivity index (χ4n) is 3.02. The van der Waals surface area contributed by atoms with Crippen LogP contribution in [0.4, 0.5) is 15.9 Å². The smallest absolute Gasteiger partial charge is 0.251 e. The highest BCUT2D eigenvalue weighted by atomic mass is 35.5. The number of nitrogens with one attached hydrogen (secondary N) is 2. The van der Waals surface area contributed by atoms with E-state index in [2.05, 4.69) is 15.7 Å². The Bertz CT molecular complexity index is 1080. The van der Waals surface area contributed by atoms with Crippen molar-refractivity contribution in [3.05, 3.63) is 64.5 Å². The Morgan fingerprint density at radius 3 is 2.68 bits per heavy atom. The molecule has 0 radical (unpaired) electrons. The van der Waals surface area contributed by atoms with Crippen LogP contribution in [0.2, 0.25) is 10.0 Å². The molecule has 142 valence electrons. The number of rotatable bonds is 4. The molecule has 1 aromatic heterocycles. The van der Waals surface area contributed by atoms with Crippen LogP contribution in [0.15, 0.2) is 48.7 Å². The van der Waals surface area contributed by atoms with E-state index in [0.29, 0.717) is 16.5 Å². The first-order valence-electron chi connectivity index (χ1n) is 8.31. The van der Waals surface area contributed by atoms with Gasteiger partial charge >= 0.3 is 0 Å². The summed E-state index contributed by atoms with van der Waals surface area (Å²) in [5.41, 5.74) is 1.92. The molecule has 0 saturated heterocycles. The maximum absolute atomic E-state index is 13.2. The third-order valence-corrected chi connectivity index (χ3v) is 4.91. The van der Waals surface area contributed by atoms with E-state index in [1.807, 2.05) is 12.1 Å². The van der Waals surface area contributed by atoms with Crippen molar-refractivity contribution in [1.29, 1.82) is 0 Å². The maximum atomic E-state index is 13.2. The van der Waals surface area contributed by atoms with Crippen LogP contribution in [0.25, 0.3) is 11.1 Å². The van der Waals surface area contributed by atoms with Crippen LogP contribution in [-0.4, -0.2) is 21.6 Å². The molecule has 2 N–H and O–H groups in total. The molecule has 2 amide bonds. The maximum Gasteiger partial charge on any atom is 0.251 e. The fourth-order valence-corrected chi connectivity index (χ4v) is 3.32. The molecule has 2 aromatic carbocycles. The van der Waals surface area contributed by atoms with Crippen molar-refractivity contribution < 1.29 is 14.0 Å². The minimum Gasteiger partial charge on any atom is -0.326 e. The summed E-state index contributed by atoms with van der Waals surface area (Å²) in [6.45, 7) is 0. The molecule has 1 aliphatic heterocycles. The zero-order chi connectivity index (χ0) is 19.8. The lowest BCUT2D eigenvalue weighted by Crippen LogP contribution is -2.23. The Hall–Kier alpha value is -2.90. The molecule has 0 spiro atoms. The minimum absolute atomic E-state index is 0.0987. The lowest BCUT2D eigenvalue weighted by atomic mass is 10.1. The normalized spacial score (nSPS) is 15.2. The van der Waals surface area contributed by atoms with E-state index in [9.17, 15) is 14.0 Å². The van der Waals surface area contributed by atoms with Crippen molar-refractivity contribution >= 4 is 46.5 Å². The SMILES string of the molecule is O=C(CC1C(=O)Nc2c(-c3ccc(Cl)cc3)cnn21)Nc1ccc(F)c(Cl)c1. The molecule has 0 bridgehead atoms. The Morgan fingerprint density at radius 1 is 1.21 bits per heavy atom. The van der Waals surface area contributed by atoms with Gasteiger partial charge in [-0.25, -0.2) is 9.07 Å². The molecular weight excluding hydrogens is 406 g/mol. The highest BCUT2D eigenvalue weighted by Gasteiger charge is 2.35. The van der Waals surface area contributed by atoms with Gasteiger partial charge in [0.25, 0.3) is 5.91 Å². The predicted octanol–water partition coefficient (Wildman–Crippen LogP) is 4.52. The zero-order valence-electron chi connectivity index (χ0n) is 14.2. The van der Waals surface area contributed by atoms with Gasteiger partial charge < -0.3 is 10.6 Å². The highest BCUT2D eigenvalue weighted by molar-refractivity contribution is 6.31. The van der Waals surface area contributed by atoms with Gasteiger partial charge in [0.1, 0.15) is 17.7 Å². The van der Waals surface area contributed by atoms with E-state index in [1.165, 1.54) is 16.8 Å². The second kappa shape index (κ2) is 7.26. The van der Waals surface area contributed by atoms with Gasteiger partial charge in [-0.3, -0.25) is 9.59 Å². The number of hydrogen-bond donors (Lipinski definition) is 2. The van der Waals surface area contributed by atoms with Crippen molar-refractivity contribution in [2.24, 2.45) is 0 Å². The predicted molar refractivity (Wildman–Crippen MR) is 105 cm³/mol. The first-order chi connectivity index (χ1) is 13.4. The molecule has 2 heterocycles. The lowest BCUT2D eigenvalue weighted by Gasteiger charge is -2.10. The fraction of sp³-hybridized carbons (Fsp3) is 0.105. The van der Waals surface area contributed by atoms with Crippen LogP contribution in [0.3, 0.4) is 0 Å². The number of halogens is 3. The molecule has 0 saturated carbocycles. The largest absolute Gasteiger partial charge is 0.326 e. The number of aromatic nitrogens is 2. The number of anilines is 2. The molecular formula is C19H13Cl2FN4O2. The van der Waals surface area contributed by atoms with Crippen molar-refractivity contribution in [2.45, 2.75) is 12.5 Å². The molecule has 0 fully saturated rings. The molecule has 9 heteroatoms. The summed E-state index contributed by atoms with van der Waals surface area (Å²) < 4.78 is 14.7. The van der Waals surface area contributed by atoms with Crippen LogP contribution >= 0.6 is 23.2 Å². The number of benzene rings is 2. The van der Waals surface area contributed by atoms with Gasteiger partial charge in [0.05, 0.1) is 17.6 Å². The summed E-state index contributed by atoms with van der Waals surface area (Å²) in [6, 6.07) is 10.2. The first-order valence-corrected chi connectivity index (χ1v) is 9.07. The summed E-state index contributed by atoms with van der Waals surface area (Å²) in [6.07, 6.45) is 1.50. The molecule has 3 aromatic rings. The van der Waals surface area contributed by atoms with E-state index in [0.717, 1.165) is 17.2 Å². The Morgan fingerprint density at radius 2 is 1.96 bits per heavy atom. The Balaban J connectivity index is 1.52. The number of amides is 2. The number of nitrogens with zero attached hydrogens (tertiary/aromatic N) is 2. The van der Waals surface area contributed by atoms with Gasteiger partial charge in [0, 0.05) is 16.3 Å². The van der Waals surface area contributed by atoms with Gasteiger partial charge in [-0.2, -0.15) is 5.10 Å². The molecule has 1 aliphatic rings. The van der Waals surface area contributed by atoms with Gasteiger partial charge in [-0.1, -0.05) is 35.3 Å². The topological polar surface area (TPSA) is 76.0 Å². The van der Waals surface area contributed by atoms with E-state index in [-0.39, 0.29) is 17.4 Å². The average molecular weight is 419 g/mol. The summed E-state index contributed by atoms with van der Waals surface area (Å²) in [7, 11) is 0. The van der Waals surface area contributed by atoms with Crippen molar-refractivity contribution in [3.8, 4) is 11.1 Å². The quantitative estimate of drug-likeness (QED) is 0.653. The second-order valence-electron chi connectivity index (χ2n) is 6.24. The van der Waals surface area contributed by atoms with Crippen molar-refractivity contribution in [1.82, 2.24) is 9.78 Å². The molecule has 4 rings (SSSR count). The Kier molecular flexibility index (Phi) is 4.78. The summed E-state index contributed by atoms with van der Waals surface area (Å²) >= 11 is 11.6. The molecule has 6 nitrogen and oxygen atoms in total. The average Bonchev–Trinajstić information content (AvgIpc) is 3.19. The number of carbonyl (C=O) groups is 2. The van der Waals surface area contributed by atoms with E-state index in [4.69, 9.17) is 23.2 Å². The van der Waals surface area contributed by atoms with Crippen LogP contribution < -0.4 is 10.6 Å². The van der Waals surface area contributed by atoms with Crippen molar-refractivity contribution in [3.63, 3.8) is 0 Å². The zero-order valence-corrected chi connectivity index (χ0v) is 15.8. The van der Waals surface area contributed by atoms with Gasteiger partial charge in [0.2, 0.25) is 5.91 Å². The molecule has 1 unspecified atom stereocenters. The minimum atomic E-state index is -0.785. The van der Waals surface area contributed by atoms with Crippen molar-refractivity contribution in [2.75, 3.05) is 10.6 Å². The lowest BCUT2D eigenvalue weighted by molar-refractivity contribution is -0.123. The van der Waals surface area contributed by atoms with Gasteiger partial charge in [-0.15, -0.1) is 0 Å². The highest BCUT2D eigenvalue weighted by Crippen LogP contribution is 2.36. The molecule has 0 aliphatic carbocycles. The van der Waals surface area contributed by atoms with E-state index < -0.39 is 17.8 Å². The van der Waals surface area contributed by atoms with Gasteiger partial charge in [0.15, 0.2) is 0 Å². The monoisotopic (exact) mass is 418 g/mol. The number of fused-ring (bicyclic) bond motifs is 1. The number of carbonyl (C=O) groups excluding carboxylic acids is 2. The van der Waals surface area contributed by atoms with Crippen LogP contribution in [0, 0.1) is 5.82 Å². The summed E-state index contributed by atoms with van der Waals surface area (Å²) in [5, 5.41) is 10.1. The molecule has 28 heavy (non-hydrogen) atoms.